The van der Waals surface area contributed by atoms with Crippen molar-refractivity contribution in [3.63, 3.8) is 0 Å². The van der Waals surface area contributed by atoms with Gasteiger partial charge < -0.3 is 10.3 Å². The van der Waals surface area contributed by atoms with Crippen LogP contribution in [0.2, 0.25) is 10.0 Å². The SMILES string of the molecule is NC1Cc2c(-c3cn[nH]c3)c3ccc(Cl)c(Cl)c3n2C1. The molecule has 1 atom stereocenters. The molecule has 1 aromatic carbocycles. The van der Waals surface area contributed by atoms with Crippen LogP contribution in [0.3, 0.4) is 0 Å². The van der Waals surface area contributed by atoms with E-state index in [9.17, 15) is 0 Å². The molecule has 4 rings (SSSR count). The maximum atomic E-state index is 6.42. The topological polar surface area (TPSA) is 59.6 Å². The molecule has 0 spiro atoms. The van der Waals surface area contributed by atoms with Gasteiger partial charge in [-0.25, -0.2) is 0 Å². The summed E-state index contributed by atoms with van der Waals surface area (Å²) in [7, 11) is 0. The molecular weight excluding hydrogens is 295 g/mol. The molecular formula is C14H12Cl2N4. The number of halogens is 2. The molecule has 2 aromatic heterocycles. The third-order valence-electron chi connectivity index (χ3n) is 3.88. The van der Waals surface area contributed by atoms with Crippen molar-refractivity contribution < 1.29 is 0 Å². The molecule has 102 valence electrons. The van der Waals surface area contributed by atoms with E-state index in [1.165, 1.54) is 5.69 Å². The highest BCUT2D eigenvalue weighted by atomic mass is 35.5. The van der Waals surface area contributed by atoms with Crippen LogP contribution >= 0.6 is 23.2 Å². The predicted molar refractivity (Wildman–Crippen MR) is 81.2 cm³/mol. The number of nitrogens with one attached hydrogen (secondary N) is 1. The van der Waals surface area contributed by atoms with Crippen molar-refractivity contribution >= 4 is 34.1 Å². The van der Waals surface area contributed by atoms with Crippen LogP contribution in [-0.2, 0) is 13.0 Å². The van der Waals surface area contributed by atoms with Gasteiger partial charge in [0.1, 0.15) is 0 Å². The fourth-order valence-corrected chi connectivity index (χ4v) is 3.52. The van der Waals surface area contributed by atoms with Gasteiger partial charge in [0.25, 0.3) is 0 Å². The Morgan fingerprint density at radius 3 is 2.95 bits per heavy atom. The summed E-state index contributed by atoms with van der Waals surface area (Å²) in [6.07, 6.45) is 4.55. The number of nitrogens with two attached hydrogens (primary N) is 1. The monoisotopic (exact) mass is 306 g/mol. The lowest BCUT2D eigenvalue weighted by molar-refractivity contribution is 0.652. The highest BCUT2D eigenvalue weighted by Gasteiger charge is 2.28. The van der Waals surface area contributed by atoms with Crippen molar-refractivity contribution in [1.29, 1.82) is 0 Å². The normalized spacial score (nSPS) is 17.9. The summed E-state index contributed by atoms with van der Waals surface area (Å²) < 4.78 is 2.19. The maximum absolute atomic E-state index is 6.42. The van der Waals surface area contributed by atoms with Gasteiger partial charge in [-0.3, -0.25) is 5.10 Å². The Morgan fingerprint density at radius 2 is 2.20 bits per heavy atom. The Morgan fingerprint density at radius 1 is 1.35 bits per heavy atom. The Kier molecular flexibility index (Phi) is 2.61. The standard InChI is InChI=1S/C14H12Cl2N4/c15-10-2-1-9-12(7-4-18-19-5-7)11-3-8(17)6-20(11)14(9)13(10)16/h1-2,4-5,8H,3,6,17H2,(H,18,19). The zero-order chi connectivity index (χ0) is 13.9. The summed E-state index contributed by atoms with van der Waals surface area (Å²) in [6, 6.07) is 3.98. The van der Waals surface area contributed by atoms with Crippen LogP contribution in [0, 0.1) is 0 Å². The van der Waals surface area contributed by atoms with Crippen LogP contribution < -0.4 is 5.73 Å². The number of rotatable bonds is 1. The number of aromatic nitrogens is 3. The molecule has 0 amide bonds. The Bertz CT molecular complexity index is 805. The number of aromatic amines is 1. The van der Waals surface area contributed by atoms with E-state index in [1.807, 2.05) is 24.5 Å². The number of hydrogen-bond acceptors (Lipinski definition) is 2. The van der Waals surface area contributed by atoms with Crippen LogP contribution in [0.5, 0.6) is 0 Å². The fourth-order valence-electron chi connectivity index (χ4n) is 3.10. The van der Waals surface area contributed by atoms with E-state index >= 15 is 0 Å². The average molecular weight is 307 g/mol. The number of nitrogens with zero attached hydrogens (tertiary/aromatic N) is 2. The van der Waals surface area contributed by atoms with Crippen LogP contribution in [0.15, 0.2) is 24.5 Å². The molecule has 20 heavy (non-hydrogen) atoms. The Labute approximate surface area is 125 Å². The quantitative estimate of drug-likeness (QED) is 0.725. The highest BCUT2D eigenvalue weighted by Crippen LogP contribution is 2.42. The van der Waals surface area contributed by atoms with Gasteiger partial charge in [0.05, 0.1) is 21.8 Å². The molecule has 6 heteroatoms. The summed E-state index contributed by atoms with van der Waals surface area (Å²) >= 11 is 12.6. The number of H-pyrrole nitrogens is 1. The van der Waals surface area contributed by atoms with Gasteiger partial charge in [-0.1, -0.05) is 29.3 Å². The van der Waals surface area contributed by atoms with Crippen molar-refractivity contribution in [2.24, 2.45) is 5.73 Å². The van der Waals surface area contributed by atoms with Gasteiger partial charge in [-0.05, 0) is 6.07 Å². The summed E-state index contributed by atoms with van der Waals surface area (Å²) in [6.45, 7) is 0.768. The Balaban J connectivity index is 2.14. The largest absolute Gasteiger partial charge is 0.341 e. The third-order valence-corrected chi connectivity index (χ3v) is 4.68. The van der Waals surface area contributed by atoms with E-state index in [4.69, 9.17) is 28.9 Å². The molecule has 1 unspecified atom stereocenters. The van der Waals surface area contributed by atoms with E-state index in [1.54, 1.807) is 0 Å². The second kappa shape index (κ2) is 4.25. The molecule has 0 bridgehead atoms. The van der Waals surface area contributed by atoms with Gasteiger partial charge in [0.2, 0.25) is 0 Å². The van der Waals surface area contributed by atoms with E-state index in [0.717, 1.165) is 35.0 Å². The Hall–Kier alpha value is -1.49. The first-order valence-corrected chi connectivity index (χ1v) is 7.16. The van der Waals surface area contributed by atoms with E-state index in [0.29, 0.717) is 10.0 Å². The first kappa shape index (κ1) is 12.3. The molecule has 0 radical (unpaired) electrons. The highest BCUT2D eigenvalue weighted by molar-refractivity contribution is 6.45. The molecule has 3 heterocycles. The summed E-state index contributed by atoms with van der Waals surface area (Å²) in [4.78, 5) is 0. The minimum atomic E-state index is 0.120. The molecule has 3 aromatic rings. The van der Waals surface area contributed by atoms with Gasteiger partial charge in [0, 0.05) is 47.4 Å². The summed E-state index contributed by atoms with van der Waals surface area (Å²) in [5, 5.41) is 9.17. The summed E-state index contributed by atoms with van der Waals surface area (Å²) in [5.41, 5.74) is 10.5. The molecule has 0 fully saturated rings. The van der Waals surface area contributed by atoms with Crippen molar-refractivity contribution in [1.82, 2.24) is 14.8 Å². The van der Waals surface area contributed by atoms with Crippen molar-refractivity contribution in [3.05, 3.63) is 40.3 Å². The molecule has 0 aliphatic carbocycles. The fraction of sp³-hybridized carbons (Fsp3) is 0.214. The smallest absolute Gasteiger partial charge is 0.0835 e. The second-order valence-corrected chi connectivity index (χ2v) is 5.93. The molecule has 0 saturated carbocycles. The predicted octanol–water partition coefficient (Wildman–Crippen LogP) is 3.22. The van der Waals surface area contributed by atoms with Crippen molar-refractivity contribution in [2.45, 2.75) is 19.0 Å². The minimum absolute atomic E-state index is 0.120. The first-order chi connectivity index (χ1) is 9.66. The third kappa shape index (κ3) is 1.56. The molecule has 3 N–H and O–H groups in total. The van der Waals surface area contributed by atoms with Gasteiger partial charge >= 0.3 is 0 Å². The first-order valence-electron chi connectivity index (χ1n) is 6.40. The van der Waals surface area contributed by atoms with Crippen LogP contribution in [-0.4, -0.2) is 20.8 Å². The van der Waals surface area contributed by atoms with Crippen molar-refractivity contribution in [2.75, 3.05) is 0 Å². The molecule has 4 nitrogen and oxygen atoms in total. The van der Waals surface area contributed by atoms with E-state index in [2.05, 4.69) is 14.8 Å². The average Bonchev–Trinajstić information content (AvgIpc) is 3.08. The molecule has 1 aliphatic rings. The summed E-state index contributed by atoms with van der Waals surface area (Å²) in [5.74, 6) is 0. The van der Waals surface area contributed by atoms with Crippen molar-refractivity contribution in [3.8, 4) is 11.1 Å². The van der Waals surface area contributed by atoms with Gasteiger partial charge in [0.15, 0.2) is 0 Å². The van der Waals surface area contributed by atoms with Gasteiger partial charge in [-0.15, -0.1) is 0 Å². The van der Waals surface area contributed by atoms with Crippen LogP contribution in [0.25, 0.3) is 22.0 Å². The zero-order valence-electron chi connectivity index (χ0n) is 10.5. The minimum Gasteiger partial charge on any atom is -0.341 e. The van der Waals surface area contributed by atoms with Crippen LogP contribution in [0.1, 0.15) is 5.69 Å². The van der Waals surface area contributed by atoms with E-state index in [-0.39, 0.29) is 6.04 Å². The lowest BCUT2D eigenvalue weighted by Gasteiger charge is -2.06. The van der Waals surface area contributed by atoms with Crippen LogP contribution in [0.4, 0.5) is 0 Å². The molecule has 0 saturated heterocycles. The zero-order valence-corrected chi connectivity index (χ0v) is 12.0. The lowest BCUT2D eigenvalue weighted by atomic mass is 10.0. The number of hydrogen-bond donors (Lipinski definition) is 2. The van der Waals surface area contributed by atoms with Gasteiger partial charge in [-0.2, -0.15) is 5.10 Å². The van der Waals surface area contributed by atoms with E-state index < -0.39 is 0 Å². The molecule has 1 aliphatic heterocycles. The lowest BCUT2D eigenvalue weighted by Crippen LogP contribution is -2.20. The second-order valence-electron chi connectivity index (χ2n) is 5.14. The number of benzene rings is 1. The maximum Gasteiger partial charge on any atom is 0.0835 e. The number of fused-ring (bicyclic) bond motifs is 3.